The molecule has 7 heteroatoms. The molecule has 0 fully saturated rings. The minimum absolute atomic E-state index is 0.0819. The number of hydrogen-bond donors (Lipinski definition) is 2. The van der Waals surface area contributed by atoms with Crippen LogP contribution in [0.1, 0.15) is 39.0 Å². The Labute approximate surface area is 173 Å². The Hall–Kier alpha value is -3.87. The van der Waals surface area contributed by atoms with Gasteiger partial charge in [0.25, 0.3) is 5.91 Å². The molecule has 2 aromatic carbocycles. The van der Waals surface area contributed by atoms with Crippen molar-refractivity contribution in [2.24, 2.45) is 0 Å². The van der Waals surface area contributed by atoms with Crippen molar-refractivity contribution in [2.45, 2.75) is 20.8 Å². The largest absolute Gasteiger partial charge is 0.495 e. The van der Waals surface area contributed by atoms with E-state index in [1.54, 1.807) is 21.0 Å². The number of amides is 1. The number of H-pyrrole nitrogens is 1. The van der Waals surface area contributed by atoms with Gasteiger partial charge in [0.2, 0.25) is 5.95 Å². The van der Waals surface area contributed by atoms with Gasteiger partial charge in [-0.25, -0.2) is 4.98 Å². The molecule has 0 aliphatic carbocycles. The van der Waals surface area contributed by atoms with Crippen molar-refractivity contribution in [1.82, 2.24) is 14.5 Å². The summed E-state index contributed by atoms with van der Waals surface area (Å²) in [6, 6.07) is 15.2. The lowest BCUT2D eigenvalue weighted by Crippen LogP contribution is -2.17. The number of ether oxygens (including phenoxy) is 1. The molecule has 4 rings (SSSR count). The highest BCUT2D eigenvalue weighted by molar-refractivity contribution is 6.07. The number of fused-ring (bicyclic) bond motifs is 1. The number of benzene rings is 2. The minimum atomic E-state index is -0.366. The molecule has 0 aliphatic rings. The molecule has 0 aliphatic heterocycles. The number of anilines is 1. The standard InChI is InChI=1S/C23H22N4O3/c1-13-20(15(3)28)14(2)24-21(13)22(29)26-23-25-16-9-5-6-10-17(16)27(23)18-11-7-8-12-19(18)30-4/h5-12,24H,1-4H3,(H,25,26,29). The molecule has 0 radical (unpaired) electrons. The lowest BCUT2D eigenvalue weighted by Gasteiger charge is -2.13. The van der Waals surface area contributed by atoms with E-state index in [1.165, 1.54) is 6.92 Å². The number of ketones is 1. The van der Waals surface area contributed by atoms with Crippen LogP contribution >= 0.6 is 0 Å². The summed E-state index contributed by atoms with van der Waals surface area (Å²) in [6.07, 6.45) is 0. The van der Waals surface area contributed by atoms with E-state index in [0.717, 1.165) is 16.7 Å². The van der Waals surface area contributed by atoms with E-state index in [-0.39, 0.29) is 11.7 Å². The van der Waals surface area contributed by atoms with E-state index >= 15 is 0 Å². The number of rotatable bonds is 5. The van der Waals surface area contributed by atoms with Crippen molar-refractivity contribution in [2.75, 3.05) is 12.4 Å². The molecule has 0 atom stereocenters. The number of nitrogens with zero attached hydrogens (tertiary/aromatic N) is 2. The van der Waals surface area contributed by atoms with Gasteiger partial charge in [-0.3, -0.25) is 19.5 Å². The first-order chi connectivity index (χ1) is 14.4. The maximum absolute atomic E-state index is 13.1. The molecule has 2 N–H and O–H groups in total. The third-order valence-corrected chi connectivity index (χ3v) is 5.13. The highest BCUT2D eigenvalue weighted by Crippen LogP contribution is 2.31. The van der Waals surface area contributed by atoms with Crippen molar-refractivity contribution in [3.05, 3.63) is 71.0 Å². The third-order valence-electron chi connectivity index (χ3n) is 5.13. The number of aromatic amines is 1. The van der Waals surface area contributed by atoms with Crippen LogP contribution < -0.4 is 10.1 Å². The second-order valence-corrected chi connectivity index (χ2v) is 7.07. The van der Waals surface area contributed by atoms with Gasteiger partial charge in [-0.15, -0.1) is 0 Å². The average Bonchev–Trinajstić information content (AvgIpc) is 3.24. The maximum Gasteiger partial charge on any atom is 0.274 e. The van der Waals surface area contributed by atoms with Crippen LogP contribution in [0.2, 0.25) is 0 Å². The fourth-order valence-electron chi connectivity index (χ4n) is 3.84. The molecular weight excluding hydrogens is 380 g/mol. The Kier molecular flexibility index (Phi) is 4.87. The number of Topliss-reactive ketones (excluding diaryl/α,β-unsaturated/α-hetero) is 1. The van der Waals surface area contributed by atoms with E-state index < -0.39 is 0 Å². The van der Waals surface area contributed by atoms with E-state index in [2.05, 4.69) is 15.3 Å². The van der Waals surface area contributed by atoms with Crippen LogP contribution in [0.3, 0.4) is 0 Å². The van der Waals surface area contributed by atoms with Crippen LogP contribution in [-0.2, 0) is 0 Å². The van der Waals surface area contributed by atoms with Crippen LogP contribution in [-0.4, -0.2) is 33.3 Å². The smallest absolute Gasteiger partial charge is 0.274 e. The molecule has 30 heavy (non-hydrogen) atoms. The van der Waals surface area contributed by atoms with Crippen LogP contribution in [0.4, 0.5) is 5.95 Å². The van der Waals surface area contributed by atoms with Crippen molar-refractivity contribution < 1.29 is 14.3 Å². The molecule has 2 heterocycles. The lowest BCUT2D eigenvalue weighted by atomic mass is 10.1. The van der Waals surface area contributed by atoms with Crippen molar-refractivity contribution in [3.63, 3.8) is 0 Å². The monoisotopic (exact) mass is 402 g/mol. The topological polar surface area (TPSA) is 89.0 Å². The third kappa shape index (κ3) is 3.14. The zero-order valence-corrected chi connectivity index (χ0v) is 17.2. The Morgan fingerprint density at radius 1 is 1.07 bits per heavy atom. The molecule has 0 spiro atoms. The fraction of sp³-hybridized carbons (Fsp3) is 0.174. The second-order valence-electron chi connectivity index (χ2n) is 7.07. The molecule has 7 nitrogen and oxygen atoms in total. The predicted molar refractivity (Wildman–Crippen MR) is 116 cm³/mol. The number of hydrogen-bond acceptors (Lipinski definition) is 4. The molecule has 0 saturated heterocycles. The van der Waals surface area contributed by atoms with Crippen LogP contribution in [0.25, 0.3) is 16.7 Å². The Balaban J connectivity index is 1.84. The van der Waals surface area contributed by atoms with Crippen molar-refractivity contribution >= 4 is 28.7 Å². The zero-order chi connectivity index (χ0) is 21.4. The molecule has 152 valence electrons. The summed E-state index contributed by atoms with van der Waals surface area (Å²) in [5.74, 6) is 0.569. The van der Waals surface area contributed by atoms with E-state index in [4.69, 9.17) is 4.74 Å². The first-order valence-corrected chi connectivity index (χ1v) is 9.54. The number of aromatic nitrogens is 3. The number of aryl methyl sites for hydroxylation is 1. The highest BCUT2D eigenvalue weighted by Gasteiger charge is 2.23. The number of methoxy groups -OCH3 is 1. The average molecular weight is 402 g/mol. The number of carbonyl (C=O) groups is 2. The number of imidazole rings is 1. The van der Waals surface area contributed by atoms with Crippen LogP contribution in [0.15, 0.2) is 48.5 Å². The molecule has 0 bridgehead atoms. The molecule has 0 unspecified atom stereocenters. The first-order valence-electron chi connectivity index (χ1n) is 9.54. The summed E-state index contributed by atoms with van der Waals surface area (Å²) >= 11 is 0. The predicted octanol–water partition coefficient (Wildman–Crippen LogP) is 4.43. The van der Waals surface area contributed by atoms with Gasteiger partial charge < -0.3 is 9.72 Å². The van der Waals surface area contributed by atoms with Crippen molar-refractivity contribution in [3.8, 4) is 11.4 Å². The zero-order valence-electron chi connectivity index (χ0n) is 17.2. The Bertz CT molecular complexity index is 1280. The molecule has 0 saturated carbocycles. The van der Waals surface area contributed by atoms with Gasteiger partial charge >= 0.3 is 0 Å². The summed E-state index contributed by atoms with van der Waals surface area (Å²) < 4.78 is 7.37. The minimum Gasteiger partial charge on any atom is -0.495 e. The van der Waals surface area contributed by atoms with Crippen molar-refractivity contribution in [1.29, 1.82) is 0 Å². The van der Waals surface area contributed by atoms with Crippen LogP contribution in [0, 0.1) is 13.8 Å². The normalized spacial score (nSPS) is 10.9. The number of carbonyl (C=O) groups excluding carboxylic acids is 2. The highest BCUT2D eigenvalue weighted by atomic mass is 16.5. The Morgan fingerprint density at radius 2 is 1.77 bits per heavy atom. The second kappa shape index (κ2) is 7.51. The summed E-state index contributed by atoms with van der Waals surface area (Å²) in [4.78, 5) is 32.7. The molecular formula is C23H22N4O3. The van der Waals surface area contributed by atoms with Gasteiger partial charge in [0.1, 0.15) is 11.4 Å². The summed E-state index contributed by atoms with van der Waals surface area (Å²) in [5, 5.41) is 2.90. The van der Waals surface area contributed by atoms with Gasteiger partial charge in [-0.05, 0) is 50.6 Å². The maximum atomic E-state index is 13.1. The van der Waals surface area contributed by atoms with E-state index in [1.807, 2.05) is 53.1 Å². The molecule has 1 amide bonds. The van der Waals surface area contributed by atoms with Gasteiger partial charge in [0.05, 0.1) is 23.8 Å². The van der Waals surface area contributed by atoms with Gasteiger partial charge in [0, 0.05) is 11.3 Å². The summed E-state index contributed by atoms with van der Waals surface area (Å²) in [7, 11) is 1.60. The van der Waals surface area contributed by atoms with Gasteiger partial charge in [-0.1, -0.05) is 24.3 Å². The quantitative estimate of drug-likeness (QED) is 0.483. The van der Waals surface area contributed by atoms with Crippen LogP contribution in [0.5, 0.6) is 5.75 Å². The van der Waals surface area contributed by atoms with Gasteiger partial charge in [0.15, 0.2) is 5.78 Å². The van der Waals surface area contributed by atoms with E-state index in [0.29, 0.717) is 34.2 Å². The van der Waals surface area contributed by atoms with E-state index in [9.17, 15) is 9.59 Å². The number of nitrogens with one attached hydrogen (secondary N) is 2. The SMILES string of the molecule is COc1ccccc1-n1c(NC(=O)c2[nH]c(C)c(C(C)=O)c2C)nc2ccccc21. The summed E-state index contributed by atoms with van der Waals surface area (Å²) in [6.45, 7) is 5.04. The molecule has 2 aromatic heterocycles. The molecule has 4 aromatic rings. The lowest BCUT2D eigenvalue weighted by molar-refractivity contribution is 0.101. The Morgan fingerprint density at radius 3 is 2.47 bits per heavy atom. The summed E-state index contributed by atoms with van der Waals surface area (Å²) in [5.41, 5.74) is 4.51. The van der Waals surface area contributed by atoms with Gasteiger partial charge in [-0.2, -0.15) is 0 Å². The number of para-hydroxylation sites is 4. The fourth-order valence-corrected chi connectivity index (χ4v) is 3.84. The first kappa shape index (κ1) is 19.4.